The summed E-state index contributed by atoms with van der Waals surface area (Å²) in [5.74, 6) is -0.585. The van der Waals surface area contributed by atoms with Gasteiger partial charge in [-0.05, 0) is 23.6 Å². The van der Waals surface area contributed by atoms with E-state index < -0.39 is 29.1 Å². The zero-order valence-electron chi connectivity index (χ0n) is 11.3. The summed E-state index contributed by atoms with van der Waals surface area (Å²) in [6.07, 6.45) is -4.50. The molecule has 0 aliphatic carbocycles. The van der Waals surface area contributed by atoms with Crippen molar-refractivity contribution >= 4 is 23.2 Å². The fourth-order valence-corrected chi connectivity index (χ4v) is 1.57. The molecule has 3 N–H and O–H groups in total. The van der Waals surface area contributed by atoms with E-state index in [-0.39, 0.29) is 10.7 Å². The molecule has 1 rings (SSSR count). The van der Waals surface area contributed by atoms with E-state index >= 15 is 0 Å². The van der Waals surface area contributed by atoms with Gasteiger partial charge in [-0.1, -0.05) is 32.4 Å². The molecule has 0 saturated heterocycles. The minimum Gasteiger partial charge on any atom is -0.323 e. The topological polar surface area (TPSA) is 55.1 Å². The molecule has 112 valence electrons. The second-order valence-corrected chi connectivity index (χ2v) is 5.93. The second-order valence-electron chi connectivity index (χ2n) is 5.53. The Labute approximate surface area is 120 Å². The fourth-order valence-electron chi connectivity index (χ4n) is 1.40. The van der Waals surface area contributed by atoms with Gasteiger partial charge in [-0.25, -0.2) is 0 Å². The van der Waals surface area contributed by atoms with E-state index in [9.17, 15) is 18.0 Å². The summed E-state index contributed by atoms with van der Waals surface area (Å²) in [5.41, 5.74) is 4.23. The molecule has 1 amide bonds. The van der Waals surface area contributed by atoms with E-state index in [2.05, 4.69) is 5.32 Å². The molecule has 7 heteroatoms. The number of carbonyl (C=O) groups excluding carboxylic acids is 1. The molecule has 1 aromatic rings. The smallest absolute Gasteiger partial charge is 0.323 e. The van der Waals surface area contributed by atoms with Gasteiger partial charge in [-0.3, -0.25) is 4.79 Å². The van der Waals surface area contributed by atoms with E-state index in [1.165, 1.54) is 0 Å². The van der Waals surface area contributed by atoms with Crippen LogP contribution in [0.5, 0.6) is 0 Å². The molecule has 0 unspecified atom stereocenters. The molecule has 0 heterocycles. The number of hydrogen-bond acceptors (Lipinski definition) is 2. The molecule has 0 radical (unpaired) electrons. The van der Waals surface area contributed by atoms with Crippen LogP contribution in [0.25, 0.3) is 0 Å². The van der Waals surface area contributed by atoms with E-state index in [1.54, 1.807) is 20.8 Å². The number of alkyl halides is 3. The summed E-state index contributed by atoms with van der Waals surface area (Å²) in [7, 11) is 0. The second kappa shape index (κ2) is 5.61. The third kappa shape index (κ3) is 4.11. The number of hydrogen-bond donors (Lipinski definition) is 2. The van der Waals surface area contributed by atoms with Gasteiger partial charge in [0.1, 0.15) is 0 Å². The van der Waals surface area contributed by atoms with Crippen molar-refractivity contribution in [2.24, 2.45) is 11.1 Å². The molecule has 1 atom stereocenters. The number of nitrogens with one attached hydrogen (secondary N) is 1. The first-order valence-electron chi connectivity index (χ1n) is 5.86. The summed E-state index contributed by atoms with van der Waals surface area (Å²) in [6, 6.07) is 1.85. The summed E-state index contributed by atoms with van der Waals surface area (Å²) in [5, 5.41) is 2.35. The molecule has 0 saturated carbocycles. The largest absolute Gasteiger partial charge is 0.416 e. The summed E-state index contributed by atoms with van der Waals surface area (Å²) < 4.78 is 37.8. The van der Waals surface area contributed by atoms with Crippen LogP contribution in [0.4, 0.5) is 18.9 Å². The number of amides is 1. The Morgan fingerprint density at radius 3 is 2.30 bits per heavy atom. The van der Waals surface area contributed by atoms with Crippen LogP contribution in [-0.4, -0.2) is 11.9 Å². The summed E-state index contributed by atoms with van der Waals surface area (Å²) in [4.78, 5) is 11.9. The van der Waals surface area contributed by atoms with Crippen molar-refractivity contribution in [1.82, 2.24) is 0 Å². The number of benzene rings is 1. The van der Waals surface area contributed by atoms with Gasteiger partial charge in [-0.15, -0.1) is 0 Å². The predicted octanol–water partition coefficient (Wildman–Crippen LogP) is 3.67. The average Bonchev–Trinajstić information content (AvgIpc) is 2.28. The third-order valence-corrected chi connectivity index (χ3v) is 3.10. The van der Waals surface area contributed by atoms with Gasteiger partial charge in [-0.2, -0.15) is 13.2 Å². The van der Waals surface area contributed by atoms with E-state index in [1.807, 2.05) is 0 Å². The molecule has 0 aliphatic rings. The highest BCUT2D eigenvalue weighted by atomic mass is 35.5. The van der Waals surface area contributed by atoms with E-state index in [0.717, 1.165) is 18.2 Å². The lowest BCUT2D eigenvalue weighted by molar-refractivity contribution is -0.137. The monoisotopic (exact) mass is 308 g/mol. The van der Waals surface area contributed by atoms with Crippen molar-refractivity contribution in [2.45, 2.75) is 33.0 Å². The highest BCUT2D eigenvalue weighted by molar-refractivity contribution is 6.33. The van der Waals surface area contributed by atoms with Crippen LogP contribution >= 0.6 is 11.6 Å². The average molecular weight is 309 g/mol. The fraction of sp³-hybridized carbons (Fsp3) is 0.462. The number of anilines is 1. The first kappa shape index (κ1) is 16.8. The zero-order chi connectivity index (χ0) is 15.7. The molecule has 0 aliphatic heterocycles. The number of carbonyl (C=O) groups is 1. The Morgan fingerprint density at radius 2 is 1.85 bits per heavy atom. The van der Waals surface area contributed by atoms with Crippen molar-refractivity contribution in [3.05, 3.63) is 28.8 Å². The van der Waals surface area contributed by atoms with Gasteiger partial charge in [0.25, 0.3) is 0 Å². The minimum atomic E-state index is -4.50. The van der Waals surface area contributed by atoms with Crippen LogP contribution in [-0.2, 0) is 11.0 Å². The van der Waals surface area contributed by atoms with Crippen molar-refractivity contribution in [3.63, 3.8) is 0 Å². The quantitative estimate of drug-likeness (QED) is 0.876. The van der Waals surface area contributed by atoms with Gasteiger partial charge in [0.2, 0.25) is 5.91 Å². The minimum absolute atomic E-state index is 0.0208. The van der Waals surface area contributed by atoms with E-state index in [4.69, 9.17) is 17.3 Å². The van der Waals surface area contributed by atoms with Gasteiger partial charge < -0.3 is 11.1 Å². The Kier molecular flexibility index (Phi) is 4.71. The molecule has 20 heavy (non-hydrogen) atoms. The zero-order valence-corrected chi connectivity index (χ0v) is 12.1. The van der Waals surface area contributed by atoms with E-state index in [0.29, 0.717) is 0 Å². The van der Waals surface area contributed by atoms with Gasteiger partial charge in [0.05, 0.1) is 22.3 Å². The van der Waals surface area contributed by atoms with Gasteiger partial charge >= 0.3 is 6.18 Å². The lowest BCUT2D eigenvalue weighted by atomic mass is 9.87. The third-order valence-electron chi connectivity index (χ3n) is 2.77. The number of halogens is 4. The van der Waals surface area contributed by atoms with Crippen molar-refractivity contribution in [1.29, 1.82) is 0 Å². The van der Waals surface area contributed by atoms with Crippen LogP contribution < -0.4 is 11.1 Å². The number of rotatable bonds is 2. The van der Waals surface area contributed by atoms with Crippen LogP contribution in [0.15, 0.2) is 18.2 Å². The van der Waals surface area contributed by atoms with Crippen molar-refractivity contribution in [3.8, 4) is 0 Å². The van der Waals surface area contributed by atoms with Crippen molar-refractivity contribution in [2.75, 3.05) is 5.32 Å². The normalized spacial score (nSPS) is 14.0. The number of nitrogens with two attached hydrogens (primary N) is 1. The Hall–Kier alpha value is -1.27. The SMILES string of the molecule is CC(C)(C)[C@@H](N)C(=O)Nc1cc(C(F)(F)F)ccc1Cl. The Morgan fingerprint density at radius 1 is 1.30 bits per heavy atom. The predicted molar refractivity (Wildman–Crippen MR) is 72.5 cm³/mol. The Bertz CT molecular complexity index is 509. The molecular weight excluding hydrogens is 293 g/mol. The van der Waals surface area contributed by atoms with Crippen LogP contribution in [0.2, 0.25) is 5.02 Å². The summed E-state index contributed by atoms with van der Waals surface area (Å²) in [6.45, 7) is 5.26. The van der Waals surface area contributed by atoms with Gasteiger partial charge in [0, 0.05) is 0 Å². The lowest BCUT2D eigenvalue weighted by Crippen LogP contribution is -2.45. The molecule has 0 aromatic heterocycles. The van der Waals surface area contributed by atoms with Crippen LogP contribution in [0, 0.1) is 5.41 Å². The molecule has 0 bridgehead atoms. The maximum Gasteiger partial charge on any atom is 0.416 e. The summed E-state index contributed by atoms with van der Waals surface area (Å²) >= 11 is 5.79. The maximum atomic E-state index is 12.6. The molecule has 0 spiro atoms. The highest BCUT2D eigenvalue weighted by Crippen LogP contribution is 2.34. The molecule has 3 nitrogen and oxygen atoms in total. The molecule has 0 fully saturated rings. The first-order chi connectivity index (χ1) is 8.93. The van der Waals surface area contributed by atoms with Gasteiger partial charge in [0.15, 0.2) is 0 Å². The molecular formula is C13H16ClF3N2O. The Balaban J connectivity index is 3.01. The lowest BCUT2D eigenvalue weighted by Gasteiger charge is -2.26. The van der Waals surface area contributed by atoms with Crippen LogP contribution in [0.1, 0.15) is 26.3 Å². The highest BCUT2D eigenvalue weighted by Gasteiger charge is 2.32. The first-order valence-corrected chi connectivity index (χ1v) is 6.24. The van der Waals surface area contributed by atoms with Crippen molar-refractivity contribution < 1.29 is 18.0 Å². The maximum absolute atomic E-state index is 12.6. The standard InChI is InChI=1S/C13H16ClF3N2O/c1-12(2,3)10(18)11(20)19-9-6-7(13(15,16)17)4-5-8(9)14/h4-6,10H,18H2,1-3H3,(H,19,20)/t10-/m0/s1. The molecule has 1 aromatic carbocycles. The van der Waals surface area contributed by atoms with Crippen LogP contribution in [0.3, 0.4) is 0 Å².